The SMILES string of the molecule is NC(=O)c1cccc(CNC(=O)Oc2ccc(-c3cn[nH]c3)cc2OCCCO)c1. The number of carbonyl (C=O) groups excluding carboxylic acids is 2. The first kappa shape index (κ1) is 20.9. The van der Waals surface area contributed by atoms with Gasteiger partial charge in [0.15, 0.2) is 11.5 Å². The number of rotatable bonds is 9. The van der Waals surface area contributed by atoms with Crippen LogP contribution in [-0.4, -0.2) is 40.5 Å². The number of ether oxygens (including phenoxy) is 2. The Bertz CT molecular complexity index is 1000. The molecule has 0 unspecified atom stereocenters. The van der Waals surface area contributed by atoms with Gasteiger partial charge < -0.3 is 25.6 Å². The van der Waals surface area contributed by atoms with Crippen molar-refractivity contribution in [3.8, 4) is 22.6 Å². The van der Waals surface area contributed by atoms with E-state index in [2.05, 4.69) is 15.5 Å². The van der Waals surface area contributed by atoms with E-state index in [-0.39, 0.29) is 25.5 Å². The van der Waals surface area contributed by atoms with Crippen molar-refractivity contribution in [1.82, 2.24) is 15.5 Å². The zero-order valence-electron chi connectivity index (χ0n) is 16.1. The van der Waals surface area contributed by atoms with E-state index in [9.17, 15) is 9.59 Å². The van der Waals surface area contributed by atoms with Gasteiger partial charge in [0.25, 0.3) is 0 Å². The van der Waals surface area contributed by atoms with Gasteiger partial charge in [-0.3, -0.25) is 9.89 Å². The lowest BCUT2D eigenvalue weighted by Gasteiger charge is -2.13. The number of aliphatic hydroxyl groups excluding tert-OH is 1. The number of primary amides is 1. The molecule has 1 heterocycles. The van der Waals surface area contributed by atoms with Gasteiger partial charge in [-0.2, -0.15) is 5.10 Å². The minimum Gasteiger partial charge on any atom is -0.490 e. The van der Waals surface area contributed by atoms with Gasteiger partial charge in [0, 0.05) is 36.9 Å². The third-order valence-corrected chi connectivity index (χ3v) is 4.19. The van der Waals surface area contributed by atoms with E-state index in [0.717, 1.165) is 11.1 Å². The van der Waals surface area contributed by atoms with Crippen LogP contribution in [0, 0.1) is 0 Å². The molecular formula is C21H22N4O5. The average molecular weight is 410 g/mol. The van der Waals surface area contributed by atoms with Crippen molar-refractivity contribution in [2.45, 2.75) is 13.0 Å². The molecule has 0 aliphatic rings. The minimum atomic E-state index is -0.678. The molecule has 2 aromatic carbocycles. The highest BCUT2D eigenvalue weighted by molar-refractivity contribution is 5.92. The highest BCUT2D eigenvalue weighted by Gasteiger charge is 2.13. The average Bonchev–Trinajstić information content (AvgIpc) is 3.28. The monoisotopic (exact) mass is 410 g/mol. The topological polar surface area (TPSA) is 140 Å². The second-order valence-electron chi connectivity index (χ2n) is 6.38. The van der Waals surface area contributed by atoms with E-state index in [0.29, 0.717) is 23.3 Å². The Kier molecular flexibility index (Phi) is 7.01. The van der Waals surface area contributed by atoms with Gasteiger partial charge in [-0.15, -0.1) is 0 Å². The summed E-state index contributed by atoms with van der Waals surface area (Å²) < 4.78 is 11.1. The number of benzene rings is 2. The number of carbonyl (C=O) groups is 2. The minimum absolute atomic E-state index is 0.0114. The van der Waals surface area contributed by atoms with Gasteiger partial charge in [-0.1, -0.05) is 18.2 Å². The number of aliphatic hydroxyl groups is 1. The smallest absolute Gasteiger partial charge is 0.413 e. The van der Waals surface area contributed by atoms with Gasteiger partial charge in [0.2, 0.25) is 5.91 Å². The molecule has 9 nitrogen and oxygen atoms in total. The third kappa shape index (κ3) is 5.58. The second kappa shape index (κ2) is 10.1. The molecule has 0 saturated carbocycles. The number of amides is 2. The maximum Gasteiger partial charge on any atom is 0.413 e. The van der Waals surface area contributed by atoms with E-state index >= 15 is 0 Å². The van der Waals surface area contributed by atoms with Crippen molar-refractivity contribution in [2.24, 2.45) is 5.73 Å². The Morgan fingerprint density at radius 1 is 1.13 bits per heavy atom. The Labute approximate surface area is 172 Å². The standard InChI is InChI=1S/C21H22N4O5/c22-20(27)16-4-1-3-14(9-16)11-23-21(28)30-18-6-5-15(17-12-24-25-13-17)10-19(18)29-8-2-7-26/h1,3-6,9-10,12-13,26H,2,7-8,11H2,(H2,22,27)(H,23,28)(H,24,25). The summed E-state index contributed by atoms with van der Waals surface area (Å²) in [5.74, 6) is 0.0680. The molecular weight excluding hydrogens is 388 g/mol. The first-order valence-corrected chi connectivity index (χ1v) is 9.28. The molecule has 0 radical (unpaired) electrons. The number of nitrogens with two attached hydrogens (primary N) is 1. The number of hydrogen-bond donors (Lipinski definition) is 4. The highest BCUT2D eigenvalue weighted by Crippen LogP contribution is 2.32. The molecule has 0 spiro atoms. The first-order valence-electron chi connectivity index (χ1n) is 9.28. The fourth-order valence-electron chi connectivity index (χ4n) is 2.68. The summed E-state index contributed by atoms with van der Waals surface area (Å²) in [6.07, 6.45) is 3.17. The van der Waals surface area contributed by atoms with Gasteiger partial charge in [0.1, 0.15) is 0 Å². The van der Waals surface area contributed by atoms with Crippen LogP contribution in [0.1, 0.15) is 22.3 Å². The van der Waals surface area contributed by atoms with Crippen LogP contribution in [0.3, 0.4) is 0 Å². The number of H-pyrrole nitrogens is 1. The van der Waals surface area contributed by atoms with Gasteiger partial charge in [-0.25, -0.2) is 4.79 Å². The fourth-order valence-corrected chi connectivity index (χ4v) is 2.68. The molecule has 3 rings (SSSR count). The molecule has 0 aliphatic heterocycles. The summed E-state index contributed by atoms with van der Waals surface area (Å²) in [4.78, 5) is 23.5. The van der Waals surface area contributed by atoms with Crippen molar-refractivity contribution in [3.63, 3.8) is 0 Å². The van der Waals surface area contributed by atoms with Crippen LogP contribution < -0.4 is 20.5 Å². The van der Waals surface area contributed by atoms with E-state index < -0.39 is 12.0 Å². The van der Waals surface area contributed by atoms with E-state index in [1.165, 1.54) is 0 Å². The van der Waals surface area contributed by atoms with Gasteiger partial charge >= 0.3 is 6.09 Å². The number of nitrogens with zero attached hydrogens (tertiary/aromatic N) is 1. The quantitative estimate of drug-likeness (QED) is 0.399. The van der Waals surface area contributed by atoms with Crippen molar-refractivity contribution in [3.05, 3.63) is 66.0 Å². The van der Waals surface area contributed by atoms with Crippen LogP contribution in [0.4, 0.5) is 4.79 Å². The summed E-state index contributed by atoms with van der Waals surface area (Å²) >= 11 is 0. The first-order chi connectivity index (χ1) is 14.6. The van der Waals surface area contributed by atoms with Crippen LogP contribution in [-0.2, 0) is 6.54 Å². The molecule has 0 bridgehead atoms. The molecule has 0 aliphatic carbocycles. The maximum absolute atomic E-state index is 12.3. The van der Waals surface area contributed by atoms with Crippen LogP contribution in [0.15, 0.2) is 54.9 Å². The van der Waals surface area contributed by atoms with Gasteiger partial charge in [-0.05, 0) is 35.4 Å². The lowest BCUT2D eigenvalue weighted by atomic mass is 10.1. The number of hydrogen-bond acceptors (Lipinski definition) is 6. The molecule has 2 amide bonds. The van der Waals surface area contributed by atoms with Crippen molar-refractivity contribution >= 4 is 12.0 Å². The lowest BCUT2D eigenvalue weighted by molar-refractivity contribution is 0.1000. The highest BCUT2D eigenvalue weighted by atomic mass is 16.6. The molecule has 9 heteroatoms. The van der Waals surface area contributed by atoms with Crippen molar-refractivity contribution < 1.29 is 24.2 Å². The summed E-state index contributed by atoms with van der Waals surface area (Å²) in [6, 6.07) is 11.8. The summed E-state index contributed by atoms with van der Waals surface area (Å²) in [6.45, 7) is 0.416. The molecule has 3 aromatic rings. The fraction of sp³-hybridized carbons (Fsp3) is 0.190. The van der Waals surface area contributed by atoms with Crippen LogP contribution in [0.25, 0.3) is 11.1 Å². The Morgan fingerprint density at radius 2 is 2.00 bits per heavy atom. The third-order valence-electron chi connectivity index (χ3n) is 4.19. The number of nitrogens with one attached hydrogen (secondary N) is 2. The molecule has 30 heavy (non-hydrogen) atoms. The maximum atomic E-state index is 12.3. The second-order valence-corrected chi connectivity index (χ2v) is 6.38. The molecule has 0 saturated heterocycles. The molecule has 156 valence electrons. The Hall–Kier alpha value is -3.85. The molecule has 0 fully saturated rings. The summed E-state index contributed by atoms with van der Waals surface area (Å²) in [5.41, 5.74) is 8.02. The Balaban J connectivity index is 1.68. The van der Waals surface area contributed by atoms with Gasteiger partial charge in [0.05, 0.1) is 12.8 Å². The normalized spacial score (nSPS) is 10.4. The predicted molar refractivity (Wildman–Crippen MR) is 109 cm³/mol. The lowest BCUT2D eigenvalue weighted by Crippen LogP contribution is -2.26. The predicted octanol–water partition coefficient (Wildman–Crippen LogP) is 2.23. The van der Waals surface area contributed by atoms with E-state index in [1.807, 2.05) is 0 Å². The van der Waals surface area contributed by atoms with Crippen molar-refractivity contribution in [1.29, 1.82) is 0 Å². The summed E-state index contributed by atoms with van der Waals surface area (Å²) in [5, 5.41) is 18.3. The molecule has 5 N–H and O–H groups in total. The van der Waals surface area contributed by atoms with Crippen LogP contribution in [0.5, 0.6) is 11.5 Å². The largest absolute Gasteiger partial charge is 0.490 e. The molecule has 1 aromatic heterocycles. The van der Waals surface area contributed by atoms with Crippen molar-refractivity contribution in [2.75, 3.05) is 13.2 Å². The van der Waals surface area contributed by atoms with E-state index in [4.69, 9.17) is 20.3 Å². The zero-order chi connectivity index (χ0) is 21.3. The molecule has 0 atom stereocenters. The van der Waals surface area contributed by atoms with Crippen LogP contribution in [0.2, 0.25) is 0 Å². The number of aromatic amines is 1. The Morgan fingerprint density at radius 3 is 2.73 bits per heavy atom. The van der Waals surface area contributed by atoms with E-state index in [1.54, 1.807) is 54.9 Å². The number of aromatic nitrogens is 2. The zero-order valence-corrected chi connectivity index (χ0v) is 16.1. The van der Waals surface area contributed by atoms with Crippen LogP contribution >= 0.6 is 0 Å². The summed E-state index contributed by atoms with van der Waals surface area (Å²) in [7, 11) is 0.